The van der Waals surface area contributed by atoms with Crippen molar-refractivity contribution in [3.63, 3.8) is 0 Å². The number of nitrogens with zero attached hydrogens (tertiary/aromatic N) is 1. The number of alkyl halides is 3. The lowest BCUT2D eigenvalue weighted by molar-refractivity contribution is -0.136. The Bertz CT molecular complexity index is 487. The fraction of sp³-hybridized carbons (Fsp3) is 0.500. The van der Waals surface area contributed by atoms with Gasteiger partial charge in [-0.1, -0.05) is 0 Å². The van der Waals surface area contributed by atoms with Crippen LogP contribution in [0.4, 0.5) is 18.9 Å². The topological polar surface area (TPSA) is 62.2 Å². The van der Waals surface area contributed by atoms with Crippen molar-refractivity contribution in [1.29, 1.82) is 0 Å². The van der Waals surface area contributed by atoms with Crippen molar-refractivity contribution < 1.29 is 23.1 Å². The van der Waals surface area contributed by atoms with E-state index in [0.29, 0.717) is 5.69 Å². The molecule has 0 aliphatic rings. The van der Waals surface area contributed by atoms with Gasteiger partial charge in [0.2, 0.25) is 0 Å². The molecule has 1 heterocycles. The molecule has 0 aromatic carbocycles. The highest BCUT2D eigenvalue weighted by atomic mass is 19.4. The standard InChI is InChI=1S/C12H15F3N2O2/c1-6-4-9(10(11(18)19)8(3)16-6)17-7(2)5-12(13,14)15/h4,7H,5H2,1-3H3,(H,16,17)(H,18,19). The molecule has 0 saturated carbocycles. The molecular weight excluding hydrogens is 261 g/mol. The zero-order chi connectivity index (χ0) is 14.8. The van der Waals surface area contributed by atoms with Crippen LogP contribution in [0.3, 0.4) is 0 Å². The summed E-state index contributed by atoms with van der Waals surface area (Å²) in [5.74, 6) is -1.22. The molecule has 0 saturated heterocycles. The first kappa shape index (κ1) is 15.3. The number of carbonyl (C=O) groups is 1. The van der Waals surface area contributed by atoms with Gasteiger partial charge in [-0.2, -0.15) is 13.2 Å². The fourth-order valence-corrected chi connectivity index (χ4v) is 1.88. The van der Waals surface area contributed by atoms with Crippen LogP contribution < -0.4 is 5.32 Å². The van der Waals surface area contributed by atoms with E-state index in [-0.39, 0.29) is 16.9 Å². The first-order valence-electron chi connectivity index (χ1n) is 5.65. The number of aryl methyl sites for hydroxylation is 2. The second kappa shape index (κ2) is 5.46. The van der Waals surface area contributed by atoms with Crippen LogP contribution in [0.25, 0.3) is 0 Å². The predicted molar refractivity (Wildman–Crippen MR) is 64.4 cm³/mol. The maximum absolute atomic E-state index is 12.3. The summed E-state index contributed by atoms with van der Waals surface area (Å²) in [7, 11) is 0. The fourth-order valence-electron chi connectivity index (χ4n) is 1.88. The summed E-state index contributed by atoms with van der Waals surface area (Å²) in [5.41, 5.74) is 0.882. The molecule has 0 aliphatic heterocycles. The van der Waals surface area contributed by atoms with Crippen LogP contribution in [0.2, 0.25) is 0 Å². The lowest BCUT2D eigenvalue weighted by Crippen LogP contribution is -2.25. The van der Waals surface area contributed by atoms with Gasteiger partial charge in [0, 0.05) is 11.7 Å². The molecule has 106 valence electrons. The summed E-state index contributed by atoms with van der Waals surface area (Å²) in [5, 5.41) is 11.7. The highest BCUT2D eigenvalue weighted by Gasteiger charge is 2.30. The zero-order valence-electron chi connectivity index (χ0n) is 10.8. The Hall–Kier alpha value is -1.79. The van der Waals surface area contributed by atoms with Crippen molar-refractivity contribution in [2.45, 2.75) is 39.4 Å². The normalized spacial score (nSPS) is 13.2. The average molecular weight is 276 g/mol. The largest absolute Gasteiger partial charge is 0.478 e. The molecule has 1 rings (SSSR count). The van der Waals surface area contributed by atoms with E-state index in [4.69, 9.17) is 5.11 Å². The number of aromatic carboxylic acids is 1. The summed E-state index contributed by atoms with van der Waals surface area (Å²) in [6.45, 7) is 4.51. The van der Waals surface area contributed by atoms with Crippen LogP contribution in [0.1, 0.15) is 35.1 Å². The van der Waals surface area contributed by atoms with Gasteiger partial charge in [0.05, 0.1) is 17.8 Å². The minimum Gasteiger partial charge on any atom is -0.478 e. The summed E-state index contributed by atoms with van der Waals surface area (Å²) < 4.78 is 36.8. The van der Waals surface area contributed by atoms with Crippen molar-refractivity contribution >= 4 is 11.7 Å². The van der Waals surface area contributed by atoms with E-state index in [1.165, 1.54) is 19.9 Å². The monoisotopic (exact) mass is 276 g/mol. The maximum atomic E-state index is 12.3. The molecule has 4 nitrogen and oxygen atoms in total. The maximum Gasteiger partial charge on any atom is 0.391 e. The van der Waals surface area contributed by atoms with Gasteiger partial charge in [-0.15, -0.1) is 0 Å². The highest BCUT2D eigenvalue weighted by Crippen LogP contribution is 2.25. The van der Waals surface area contributed by atoms with Gasteiger partial charge in [0.25, 0.3) is 0 Å². The number of pyridine rings is 1. The van der Waals surface area contributed by atoms with Gasteiger partial charge < -0.3 is 10.4 Å². The van der Waals surface area contributed by atoms with Crippen LogP contribution >= 0.6 is 0 Å². The van der Waals surface area contributed by atoms with Gasteiger partial charge in [-0.25, -0.2) is 4.79 Å². The lowest BCUT2D eigenvalue weighted by atomic mass is 10.1. The van der Waals surface area contributed by atoms with Gasteiger partial charge in [0.15, 0.2) is 0 Å². The van der Waals surface area contributed by atoms with Crippen molar-refractivity contribution in [1.82, 2.24) is 4.98 Å². The van der Waals surface area contributed by atoms with E-state index in [0.717, 1.165) is 0 Å². The number of aromatic nitrogens is 1. The number of anilines is 1. The van der Waals surface area contributed by atoms with Gasteiger partial charge in [-0.05, 0) is 26.8 Å². The molecular formula is C12H15F3N2O2. The van der Waals surface area contributed by atoms with Crippen molar-refractivity contribution in [3.8, 4) is 0 Å². The summed E-state index contributed by atoms with van der Waals surface area (Å²) >= 11 is 0. The number of halogens is 3. The molecule has 1 unspecified atom stereocenters. The van der Waals surface area contributed by atoms with E-state index in [2.05, 4.69) is 10.3 Å². The van der Waals surface area contributed by atoms with Crippen molar-refractivity contribution in [2.24, 2.45) is 0 Å². The summed E-state index contributed by atoms with van der Waals surface area (Å²) in [6.07, 6.45) is -5.33. The summed E-state index contributed by atoms with van der Waals surface area (Å²) in [6, 6.07) is 0.517. The number of nitrogens with one attached hydrogen (secondary N) is 1. The Morgan fingerprint density at radius 2 is 2.05 bits per heavy atom. The lowest BCUT2D eigenvalue weighted by Gasteiger charge is -2.19. The van der Waals surface area contributed by atoms with Crippen molar-refractivity contribution in [3.05, 3.63) is 23.0 Å². The highest BCUT2D eigenvalue weighted by molar-refractivity contribution is 5.95. The number of hydrogen-bond acceptors (Lipinski definition) is 3. The van der Waals surface area contributed by atoms with Crippen LogP contribution in [0.5, 0.6) is 0 Å². The first-order valence-corrected chi connectivity index (χ1v) is 5.65. The molecule has 0 radical (unpaired) electrons. The molecule has 0 spiro atoms. The second-order valence-corrected chi connectivity index (χ2v) is 4.44. The molecule has 0 amide bonds. The minimum absolute atomic E-state index is 0.0976. The Morgan fingerprint density at radius 3 is 2.53 bits per heavy atom. The Balaban J connectivity index is 3.03. The SMILES string of the molecule is Cc1cc(NC(C)CC(F)(F)F)c(C(=O)O)c(C)n1. The van der Waals surface area contributed by atoms with Crippen LogP contribution in [0, 0.1) is 13.8 Å². The first-order chi connectivity index (χ1) is 8.60. The molecule has 2 N–H and O–H groups in total. The number of carboxylic acid groups (broad SMARTS) is 1. The molecule has 1 aromatic rings. The van der Waals surface area contributed by atoms with E-state index in [1.54, 1.807) is 6.92 Å². The smallest absolute Gasteiger partial charge is 0.391 e. The molecule has 0 bridgehead atoms. The van der Waals surface area contributed by atoms with Crippen LogP contribution in [-0.2, 0) is 0 Å². The second-order valence-electron chi connectivity index (χ2n) is 4.44. The van der Waals surface area contributed by atoms with Crippen LogP contribution in [-0.4, -0.2) is 28.3 Å². The molecule has 19 heavy (non-hydrogen) atoms. The number of rotatable bonds is 4. The van der Waals surface area contributed by atoms with Crippen LogP contribution in [0.15, 0.2) is 6.07 Å². The molecule has 7 heteroatoms. The van der Waals surface area contributed by atoms with Crippen molar-refractivity contribution in [2.75, 3.05) is 5.32 Å². The third-order valence-corrected chi connectivity index (χ3v) is 2.48. The number of carboxylic acids is 1. The minimum atomic E-state index is -4.30. The van der Waals surface area contributed by atoms with E-state index in [1.807, 2.05) is 0 Å². The Labute approximate surface area is 108 Å². The predicted octanol–water partition coefficient (Wildman–Crippen LogP) is 3.15. The summed E-state index contributed by atoms with van der Waals surface area (Å²) in [4.78, 5) is 15.1. The molecule has 0 fully saturated rings. The van der Waals surface area contributed by atoms with E-state index < -0.39 is 24.6 Å². The van der Waals surface area contributed by atoms with E-state index in [9.17, 15) is 18.0 Å². The average Bonchev–Trinajstić information content (AvgIpc) is 2.10. The Kier molecular flexibility index (Phi) is 4.39. The molecule has 0 aliphatic carbocycles. The number of hydrogen-bond donors (Lipinski definition) is 2. The Morgan fingerprint density at radius 1 is 1.47 bits per heavy atom. The third kappa shape index (κ3) is 4.42. The third-order valence-electron chi connectivity index (χ3n) is 2.48. The molecule has 1 aromatic heterocycles. The quantitative estimate of drug-likeness (QED) is 0.886. The molecule has 1 atom stereocenters. The van der Waals surface area contributed by atoms with Gasteiger partial charge in [-0.3, -0.25) is 4.98 Å². The zero-order valence-corrected chi connectivity index (χ0v) is 10.8. The van der Waals surface area contributed by atoms with Gasteiger partial charge >= 0.3 is 12.1 Å². The van der Waals surface area contributed by atoms with E-state index >= 15 is 0 Å². The van der Waals surface area contributed by atoms with Gasteiger partial charge in [0.1, 0.15) is 5.56 Å².